The third kappa shape index (κ3) is 2.33. The molecule has 0 aliphatic rings. The normalized spacial score (nSPS) is 11.6. The van der Waals surface area contributed by atoms with E-state index in [1.807, 2.05) is 19.9 Å². The average Bonchev–Trinajstić information content (AvgIpc) is 2.15. The van der Waals surface area contributed by atoms with Gasteiger partial charge in [0.25, 0.3) is 0 Å². The highest BCUT2D eigenvalue weighted by Gasteiger charge is 2.12. The summed E-state index contributed by atoms with van der Waals surface area (Å²) < 4.78 is 22.4. The van der Waals surface area contributed by atoms with Gasteiger partial charge in [-0.1, -0.05) is 26.0 Å². The fourth-order valence-electron chi connectivity index (χ4n) is 1.41. The van der Waals surface area contributed by atoms with Gasteiger partial charge in [0, 0.05) is 0 Å². The molecule has 0 heterocycles. The number of benzene rings is 1. The van der Waals surface area contributed by atoms with E-state index in [0.29, 0.717) is 6.42 Å². The molecule has 1 aromatic carbocycles. The third-order valence-electron chi connectivity index (χ3n) is 2.22. The standard InChI is InChI=1S/C10H15NO2S/c1-3-8-5-6-10(14(11,12)13)9(4-2)7-8/h5-7H,3-4H2,1-2H3,(H2,11,12,13). The third-order valence-corrected chi connectivity index (χ3v) is 3.23. The zero-order chi connectivity index (χ0) is 10.8. The van der Waals surface area contributed by atoms with Crippen molar-refractivity contribution >= 4 is 10.0 Å². The first-order valence-corrected chi connectivity index (χ1v) is 6.18. The summed E-state index contributed by atoms with van der Waals surface area (Å²) in [6.07, 6.45) is 1.58. The van der Waals surface area contributed by atoms with Crippen LogP contribution in [0.15, 0.2) is 23.1 Å². The van der Waals surface area contributed by atoms with Crippen LogP contribution in [0.2, 0.25) is 0 Å². The molecule has 2 N–H and O–H groups in total. The summed E-state index contributed by atoms with van der Waals surface area (Å²) in [4.78, 5) is 0.247. The van der Waals surface area contributed by atoms with E-state index in [-0.39, 0.29) is 4.90 Å². The monoisotopic (exact) mass is 213 g/mol. The lowest BCUT2D eigenvalue weighted by molar-refractivity contribution is 0.596. The molecule has 0 amide bonds. The molecule has 0 radical (unpaired) electrons. The van der Waals surface area contributed by atoms with Crippen molar-refractivity contribution in [1.82, 2.24) is 0 Å². The van der Waals surface area contributed by atoms with E-state index in [9.17, 15) is 8.42 Å². The molecule has 0 saturated carbocycles. The maximum absolute atomic E-state index is 11.2. The first-order chi connectivity index (χ1) is 6.49. The van der Waals surface area contributed by atoms with Crippen LogP contribution in [0.1, 0.15) is 25.0 Å². The summed E-state index contributed by atoms with van der Waals surface area (Å²) in [5.41, 5.74) is 1.93. The van der Waals surface area contributed by atoms with E-state index in [1.54, 1.807) is 12.1 Å². The van der Waals surface area contributed by atoms with Crippen LogP contribution in [0.4, 0.5) is 0 Å². The molecule has 0 atom stereocenters. The minimum Gasteiger partial charge on any atom is -0.225 e. The number of nitrogens with two attached hydrogens (primary N) is 1. The molecule has 0 aromatic heterocycles. The Morgan fingerprint density at radius 2 is 1.86 bits per heavy atom. The second-order valence-corrected chi connectivity index (χ2v) is 4.72. The minimum absolute atomic E-state index is 0.247. The highest BCUT2D eigenvalue weighted by atomic mass is 32.2. The van der Waals surface area contributed by atoms with Crippen molar-refractivity contribution in [2.45, 2.75) is 31.6 Å². The maximum atomic E-state index is 11.2. The quantitative estimate of drug-likeness (QED) is 0.826. The lowest BCUT2D eigenvalue weighted by Gasteiger charge is -2.07. The summed E-state index contributed by atoms with van der Waals surface area (Å²) >= 11 is 0. The lowest BCUT2D eigenvalue weighted by atomic mass is 10.1. The van der Waals surface area contributed by atoms with Gasteiger partial charge in [0.15, 0.2) is 0 Å². The molecule has 0 spiro atoms. The smallest absolute Gasteiger partial charge is 0.225 e. The SMILES string of the molecule is CCc1ccc(S(N)(=O)=O)c(CC)c1. The number of hydrogen-bond donors (Lipinski definition) is 1. The van der Waals surface area contributed by atoms with Crippen molar-refractivity contribution in [1.29, 1.82) is 0 Å². The Hall–Kier alpha value is -0.870. The van der Waals surface area contributed by atoms with Crippen LogP contribution in [0.3, 0.4) is 0 Å². The fourth-order valence-corrected chi connectivity index (χ4v) is 2.23. The maximum Gasteiger partial charge on any atom is 0.238 e. The van der Waals surface area contributed by atoms with Gasteiger partial charge in [-0.05, 0) is 30.0 Å². The van der Waals surface area contributed by atoms with Crippen molar-refractivity contribution < 1.29 is 8.42 Å². The molecular weight excluding hydrogens is 198 g/mol. The number of aryl methyl sites for hydroxylation is 2. The Labute approximate surface area is 85.0 Å². The Bertz CT molecular complexity index is 424. The summed E-state index contributed by atoms with van der Waals surface area (Å²) in [6, 6.07) is 5.30. The first-order valence-electron chi connectivity index (χ1n) is 4.63. The summed E-state index contributed by atoms with van der Waals surface area (Å²) in [5, 5.41) is 5.10. The second kappa shape index (κ2) is 4.11. The van der Waals surface area contributed by atoms with E-state index >= 15 is 0 Å². The predicted molar refractivity (Wildman–Crippen MR) is 56.6 cm³/mol. The molecule has 1 aromatic rings. The zero-order valence-electron chi connectivity index (χ0n) is 8.45. The van der Waals surface area contributed by atoms with Gasteiger partial charge in [0.05, 0.1) is 4.90 Å². The van der Waals surface area contributed by atoms with Crippen LogP contribution in [0, 0.1) is 0 Å². The molecule has 3 nitrogen and oxygen atoms in total. The van der Waals surface area contributed by atoms with Crippen LogP contribution in [0.25, 0.3) is 0 Å². The van der Waals surface area contributed by atoms with Crippen molar-refractivity contribution in [2.24, 2.45) is 5.14 Å². The Balaban J connectivity index is 3.33. The summed E-state index contributed by atoms with van der Waals surface area (Å²) in [6.45, 7) is 3.95. The molecule has 0 unspecified atom stereocenters. The molecular formula is C10H15NO2S. The zero-order valence-corrected chi connectivity index (χ0v) is 9.26. The summed E-state index contributed by atoms with van der Waals surface area (Å²) in [7, 11) is -3.57. The van der Waals surface area contributed by atoms with Gasteiger partial charge in [0.1, 0.15) is 0 Å². The topological polar surface area (TPSA) is 60.2 Å². The van der Waals surface area contributed by atoms with E-state index in [2.05, 4.69) is 0 Å². The Morgan fingerprint density at radius 1 is 1.21 bits per heavy atom. The van der Waals surface area contributed by atoms with Crippen molar-refractivity contribution in [3.8, 4) is 0 Å². The largest absolute Gasteiger partial charge is 0.238 e. The van der Waals surface area contributed by atoms with Crippen molar-refractivity contribution in [3.05, 3.63) is 29.3 Å². The van der Waals surface area contributed by atoms with Gasteiger partial charge in [-0.3, -0.25) is 0 Å². The van der Waals surface area contributed by atoms with Gasteiger partial charge in [-0.2, -0.15) is 0 Å². The summed E-state index contributed by atoms with van der Waals surface area (Å²) in [5.74, 6) is 0. The van der Waals surface area contributed by atoms with Crippen LogP contribution in [-0.2, 0) is 22.9 Å². The molecule has 4 heteroatoms. The lowest BCUT2D eigenvalue weighted by Crippen LogP contribution is -2.14. The van der Waals surface area contributed by atoms with Crippen LogP contribution >= 0.6 is 0 Å². The van der Waals surface area contributed by atoms with E-state index in [0.717, 1.165) is 17.5 Å². The molecule has 0 saturated heterocycles. The van der Waals surface area contributed by atoms with Gasteiger partial charge in [-0.15, -0.1) is 0 Å². The second-order valence-electron chi connectivity index (χ2n) is 3.19. The van der Waals surface area contributed by atoms with E-state index < -0.39 is 10.0 Å². The highest BCUT2D eigenvalue weighted by molar-refractivity contribution is 7.89. The first kappa shape index (κ1) is 11.2. The number of primary sulfonamides is 1. The molecule has 0 fully saturated rings. The van der Waals surface area contributed by atoms with Crippen molar-refractivity contribution in [3.63, 3.8) is 0 Å². The van der Waals surface area contributed by atoms with E-state index in [1.165, 1.54) is 0 Å². The van der Waals surface area contributed by atoms with Gasteiger partial charge in [-0.25, -0.2) is 13.6 Å². The number of hydrogen-bond acceptors (Lipinski definition) is 2. The van der Waals surface area contributed by atoms with Gasteiger partial charge in [0.2, 0.25) is 10.0 Å². The van der Waals surface area contributed by atoms with E-state index in [4.69, 9.17) is 5.14 Å². The van der Waals surface area contributed by atoms with Crippen LogP contribution < -0.4 is 5.14 Å². The number of sulfonamides is 1. The predicted octanol–water partition coefficient (Wildman–Crippen LogP) is 1.46. The average molecular weight is 213 g/mol. The highest BCUT2D eigenvalue weighted by Crippen LogP contribution is 2.17. The molecule has 0 aliphatic heterocycles. The van der Waals surface area contributed by atoms with Crippen LogP contribution in [-0.4, -0.2) is 8.42 Å². The van der Waals surface area contributed by atoms with Crippen molar-refractivity contribution in [2.75, 3.05) is 0 Å². The molecule has 1 rings (SSSR count). The minimum atomic E-state index is -3.57. The van der Waals surface area contributed by atoms with Crippen LogP contribution in [0.5, 0.6) is 0 Å². The van der Waals surface area contributed by atoms with Gasteiger partial charge >= 0.3 is 0 Å². The fraction of sp³-hybridized carbons (Fsp3) is 0.400. The Morgan fingerprint density at radius 3 is 2.29 bits per heavy atom. The molecule has 0 bridgehead atoms. The Kier molecular flexibility index (Phi) is 3.29. The molecule has 14 heavy (non-hydrogen) atoms. The molecule has 0 aliphatic carbocycles. The van der Waals surface area contributed by atoms with Gasteiger partial charge < -0.3 is 0 Å². The molecule has 78 valence electrons. The number of rotatable bonds is 3.